The van der Waals surface area contributed by atoms with Crippen LogP contribution < -0.4 is 5.32 Å². The first-order chi connectivity index (χ1) is 13.9. The summed E-state index contributed by atoms with van der Waals surface area (Å²) in [6.45, 7) is 4.98. The summed E-state index contributed by atoms with van der Waals surface area (Å²) in [6, 6.07) is 0. The van der Waals surface area contributed by atoms with Crippen molar-refractivity contribution < 1.29 is 9.32 Å². The number of hydrogen-bond donors (Lipinski definition) is 1. The van der Waals surface area contributed by atoms with Crippen LogP contribution in [0.2, 0.25) is 0 Å². The van der Waals surface area contributed by atoms with E-state index >= 15 is 0 Å². The van der Waals surface area contributed by atoms with Crippen LogP contribution in [-0.4, -0.2) is 32.4 Å². The van der Waals surface area contributed by atoms with E-state index in [2.05, 4.69) is 36.5 Å². The third-order valence-electron chi connectivity index (χ3n) is 7.35. The van der Waals surface area contributed by atoms with E-state index in [0.29, 0.717) is 24.3 Å². The molecule has 0 aliphatic heterocycles. The van der Waals surface area contributed by atoms with Gasteiger partial charge < -0.3 is 9.84 Å². The molecule has 4 fully saturated rings. The zero-order valence-corrected chi connectivity index (χ0v) is 18.7. The molecule has 156 valence electrons. The number of hydrogen-bond acceptors (Lipinski definition) is 5. The Morgan fingerprint density at radius 2 is 1.86 bits per heavy atom. The predicted molar refractivity (Wildman–Crippen MR) is 110 cm³/mol. The molecule has 29 heavy (non-hydrogen) atoms. The standard InChI is InChI=1S/C21H28BrN5O2/c1-12-18(22)13(2)27(25-12)11-17-24-20(29-26-17)19(28)23-4-3-21-8-14-5-15(9-21)7-16(6-14)10-21/h14-16H,3-11H2,1-2H3,(H,23,28). The fraction of sp³-hybridized carbons (Fsp3) is 0.714. The van der Waals surface area contributed by atoms with Crippen LogP contribution in [0.25, 0.3) is 0 Å². The average molecular weight is 462 g/mol. The minimum Gasteiger partial charge on any atom is -0.348 e. The van der Waals surface area contributed by atoms with Crippen LogP contribution in [0.3, 0.4) is 0 Å². The molecule has 0 saturated heterocycles. The van der Waals surface area contributed by atoms with Crippen LogP contribution in [0.4, 0.5) is 0 Å². The Hall–Kier alpha value is -1.70. The minimum atomic E-state index is -0.275. The Labute approximate surface area is 179 Å². The topological polar surface area (TPSA) is 85.8 Å². The molecular weight excluding hydrogens is 434 g/mol. The van der Waals surface area contributed by atoms with Crippen molar-refractivity contribution in [3.05, 3.63) is 27.6 Å². The van der Waals surface area contributed by atoms with E-state index < -0.39 is 0 Å². The summed E-state index contributed by atoms with van der Waals surface area (Å²) in [5.41, 5.74) is 2.37. The first-order valence-corrected chi connectivity index (χ1v) is 11.5. The summed E-state index contributed by atoms with van der Waals surface area (Å²) in [5.74, 6) is 3.02. The minimum absolute atomic E-state index is 0.0334. The maximum Gasteiger partial charge on any atom is 0.316 e. The van der Waals surface area contributed by atoms with Crippen LogP contribution in [0.1, 0.15) is 72.8 Å². The zero-order chi connectivity index (χ0) is 20.2. The van der Waals surface area contributed by atoms with Gasteiger partial charge in [-0.1, -0.05) is 5.16 Å². The molecule has 4 aliphatic rings. The van der Waals surface area contributed by atoms with E-state index in [9.17, 15) is 4.79 Å². The third-order valence-corrected chi connectivity index (χ3v) is 8.50. The van der Waals surface area contributed by atoms with Crippen molar-refractivity contribution in [1.29, 1.82) is 0 Å². The number of rotatable bonds is 6. The summed E-state index contributed by atoms with van der Waals surface area (Å²) >= 11 is 3.52. The van der Waals surface area contributed by atoms with Gasteiger partial charge in [0.25, 0.3) is 0 Å². The van der Waals surface area contributed by atoms with Crippen molar-refractivity contribution in [2.24, 2.45) is 23.2 Å². The van der Waals surface area contributed by atoms with E-state index in [-0.39, 0.29) is 11.8 Å². The fourth-order valence-electron chi connectivity index (χ4n) is 6.49. The number of halogens is 1. The Kier molecular flexibility index (Phi) is 4.80. The maximum absolute atomic E-state index is 12.5. The highest BCUT2D eigenvalue weighted by Crippen LogP contribution is 2.61. The average Bonchev–Trinajstić information content (AvgIpc) is 3.22. The first-order valence-electron chi connectivity index (χ1n) is 10.7. The van der Waals surface area contributed by atoms with E-state index in [4.69, 9.17) is 4.52 Å². The number of amides is 1. The van der Waals surface area contributed by atoms with Crippen molar-refractivity contribution >= 4 is 21.8 Å². The van der Waals surface area contributed by atoms with Crippen molar-refractivity contribution in [1.82, 2.24) is 25.2 Å². The SMILES string of the molecule is Cc1nn(Cc2noc(C(=O)NCCC34CC5CC(CC(C5)C3)C4)n2)c(C)c1Br. The van der Waals surface area contributed by atoms with Crippen LogP contribution in [0.15, 0.2) is 9.00 Å². The van der Waals surface area contributed by atoms with Gasteiger partial charge in [-0.3, -0.25) is 9.48 Å². The van der Waals surface area contributed by atoms with E-state index in [1.165, 1.54) is 38.5 Å². The number of carbonyl (C=O) groups excluding carboxylic acids is 1. The third kappa shape index (κ3) is 3.64. The summed E-state index contributed by atoms with van der Waals surface area (Å²) in [4.78, 5) is 16.7. The normalized spacial score (nSPS) is 30.1. The molecule has 1 N–H and O–H groups in total. The largest absolute Gasteiger partial charge is 0.348 e. The monoisotopic (exact) mass is 461 g/mol. The van der Waals surface area contributed by atoms with Gasteiger partial charge in [0.15, 0.2) is 5.82 Å². The van der Waals surface area contributed by atoms with E-state index in [1.807, 2.05) is 13.8 Å². The lowest BCUT2D eigenvalue weighted by molar-refractivity contribution is -0.0564. The van der Waals surface area contributed by atoms with Crippen molar-refractivity contribution in [2.75, 3.05) is 6.54 Å². The molecule has 4 bridgehead atoms. The first kappa shape index (κ1) is 19.3. The zero-order valence-electron chi connectivity index (χ0n) is 17.1. The molecule has 0 unspecified atom stereocenters. The van der Waals surface area contributed by atoms with Crippen LogP contribution in [0.5, 0.6) is 0 Å². The number of nitrogens with one attached hydrogen (secondary N) is 1. The second-order valence-electron chi connectivity index (χ2n) is 9.58. The van der Waals surface area contributed by atoms with Gasteiger partial charge in [-0.05, 0) is 97.9 Å². The summed E-state index contributed by atoms with van der Waals surface area (Å²) in [5, 5.41) is 11.4. The number of nitrogens with zero attached hydrogens (tertiary/aromatic N) is 4. The Morgan fingerprint density at radius 1 is 1.21 bits per heavy atom. The van der Waals surface area contributed by atoms with Gasteiger partial charge in [-0.2, -0.15) is 10.1 Å². The van der Waals surface area contributed by atoms with E-state index in [0.717, 1.165) is 40.0 Å². The van der Waals surface area contributed by atoms with Gasteiger partial charge >= 0.3 is 11.8 Å². The highest BCUT2D eigenvalue weighted by atomic mass is 79.9. The van der Waals surface area contributed by atoms with Crippen molar-refractivity contribution in [2.45, 2.75) is 65.3 Å². The molecule has 0 aromatic carbocycles. The van der Waals surface area contributed by atoms with Crippen molar-refractivity contribution in [3.8, 4) is 0 Å². The molecule has 2 aromatic heterocycles. The molecule has 1 amide bonds. The molecule has 8 heteroatoms. The second kappa shape index (κ2) is 7.22. The highest BCUT2D eigenvalue weighted by molar-refractivity contribution is 9.10. The molecule has 6 rings (SSSR count). The summed E-state index contributed by atoms with van der Waals surface area (Å²) in [6.07, 6.45) is 9.49. The van der Waals surface area contributed by atoms with Gasteiger partial charge in [-0.25, -0.2) is 0 Å². The molecule has 7 nitrogen and oxygen atoms in total. The molecule has 2 heterocycles. The fourth-order valence-corrected chi connectivity index (χ4v) is 6.77. The second-order valence-corrected chi connectivity index (χ2v) is 10.4. The van der Waals surface area contributed by atoms with Crippen LogP contribution >= 0.6 is 15.9 Å². The van der Waals surface area contributed by atoms with Gasteiger partial charge in [-0.15, -0.1) is 0 Å². The quantitative estimate of drug-likeness (QED) is 0.701. The van der Waals surface area contributed by atoms with Gasteiger partial charge in [0.2, 0.25) is 0 Å². The summed E-state index contributed by atoms with van der Waals surface area (Å²) in [7, 11) is 0. The molecule has 0 atom stereocenters. The molecule has 4 aliphatic carbocycles. The van der Waals surface area contributed by atoms with Gasteiger partial charge in [0.1, 0.15) is 6.54 Å². The Bertz CT molecular complexity index is 898. The lowest BCUT2D eigenvalue weighted by atomic mass is 9.49. The number of carbonyl (C=O) groups is 1. The van der Waals surface area contributed by atoms with E-state index in [1.54, 1.807) is 4.68 Å². The predicted octanol–water partition coefficient (Wildman–Crippen LogP) is 4.03. The molecule has 0 radical (unpaired) electrons. The van der Waals surface area contributed by atoms with Crippen LogP contribution in [0, 0.1) is 37.0 Å². The smallest absolute Gasteiger partial charge is 0.316 e. The number of aryl methyl sites for hydroxylation is 1. The molecule has 0 spiro atoms. The summed E-state index contributed by atoms with van der Waals surface area (Å²) < 4.78 is 7.98. The Morgan fingerprint density at radius 3 is 2.45 bits per heavy atom. The highest BCUT2D eigenvalue weighted by Gasteiger charge is 2.50. The van der Waals surface area contributed by atoms with Gasteiger partial charge in [0, 0.05) is 6.54 Å². The molecule has 4 saturated carbocycles. The van der Waals surface area contributed by atoms with Crippen LogP contribution in [-0.2, 0) is 6.54 Å². The van der Waals surface area contributed by atoms with Crippen molar-refractivity contribution in [3.63, 3.8) is 0 Å². The number of aromatic nitrogens is 4. The lowest BCUT2D eigenvalue weighted by Crippen LogP contribution is -2.47. The molecule has 2 aromatic rings. The molecular formula is C21H28BrN5O2. The Balaban J connectivity index is 1.16. The van der Waals surface area contributed by atoms with Gasteiger partial charge in [0.05, 0.1) is 15.9 Å². The maximum atomic E-state index is 12.5. The lowest BCUT2D eigenvalue weighted by Gasteiger charge is -2.57.